The van der Waals surface area contributed by atoms with Crippen LogP contribution in [0.1, 0.15) is 25.0 Å². The molecule has 0 aromatic carbocycles. The fourth-order valence-electron chi connectivity index (χ4n) is 2.91. The van der Waals surface area contributed by atoms with Crippen molar-refractivity contribution in [2.75, 3.05) is 11.9 Å². The fourth-order valence-corrected chi connectivity index (χ4v) is 3.26. The maximum atomic E-state index is 11.7. The molecule has 1 saturated heterocycles. The van der Waals surface area contributed by atoms with Crippen molar-refractivity contribution in [1.82, 2.24) is 10.3 Å². The number of carbonyl (C=O) groups is 1. The van der Waals surface area contributed by atoms with Gasteiger partial charge in [0, 0.05) is 17.1 Å². The third kappa shape index (κ3) is 1.90. The lowest BCUT2D eigenvalue weighted by Crippen LogP contribution is -2.49. The van der Waals surface area contributed by atoms with E-state index in [0.717, 1.165) is 41.7 Å². The monoisotopic (exact) mass is 309 g/mol. The standard InChI is InChI=1S/C13H16BrN3O/c1-8-11(14)4-9(7-16-8)17-10-5-13(6-10)2-3-15-12(13)18/h4,7,10,17H,2-3,5-6H2,1H3,(H,15,18). The number of nitrogens with zero attached hydrogens (tertiary/aromatic N) is 1. The third-order valence-corrected chi connectivity index (χ3v) is 4.84. The molecular formula is C13H16BrN3O. The van der Waals surface area contributed by atoms with E-state index in [9.17, 15) is 4.79 Å². The van der Waals surface area contributed by atoms with Crippen molar-refractivity contribution in [3.8, 4) is 0 Å². The fraction of sp³-hybridized carbons (Fsp3) is 0.538. The SMILES string of the molecule is Cc1ncc(NC2CC3(CCNC3=O)C2)cc1Br. The Morgan fingerprint density at radius 2 is 2.33 bits per heavy atom. The zero-order valence-corrected chi connectivity index (χ0v) is 11.9. The van der Waals surface area contributed by atoms with E-state index in [1.807, 2.05) is 19.2 Å². The van der Waals surface area contributed by atoms with Gasteiger partial charge in [-0.05, 0) is 48.2 Å². The van der Waals surface area contributed by atoms with Crippen LogP contribution in [0.4, 0.5) is 5.69 Å². The molecule has 0 unspecified atom stereocenters. The molecule has 3 rings (SSSR count). The third-order valence-electron chi connectivity index (χ3n) is 4.04. The van der Waals surface area contributed by atoms with Crippen LogP contribution < -0.4 is 10.6 Å². The highest BCUT2D eigenvalue weighted by molar-refractivity contribution is 9.10. The quantitative estimate of drug-likeness (QED) is 0.881. The van der Waals surface area contributed by atoms with Gasteiger partial charge in [0.15, 0.2) is 0 Å². The molecule has 2 aliphatic rings. The second-order valence-corrected chi connectivity index (χ2v) is 6.18. The second kappa shape index (κ2) is 4.23. The van der Waals surface area contributed by atoms with Crippen molar-refractivity contribution in [3.63, 3.8) is 0 Å². The predicted octanol–water partition coefficient (Wildman–Crippen LogP) is 2.23. The summed E-state index contributed by atoms with van der Waals surface area (Å²) in [6.07, 6.45) is 4.70. The first-order valence-electron chi connectivity index (χ1n) is 6.26. The summed E-state index contributed by atoms with van der Waals surface area (Å²) < 4.78 is 1.01. The van der Waals surface area contributed by atoms with Crippen LogP contribution in [0, 0.1) is 12.3 Å². The molecule has 1 amide bonds. The molecule has 2 N–H and O–H groups in total. The van der Waals surface area contributed by atoms with Gasteiger partial charge in [-0.25, -0.2) is 0 Å². The Morgan fingerprint density at radius 3 is 2.94 bits per heavy atom. The Labute approximate surface area is 115 Å². The lowest BCUT2D eigenvalue weighted by molar-refractivity contribution is -0.132. The minimum atomic E-state index is -0.0764. The maximum absolute atomic E-state index is 11.7. The van der Waals surface area contributed by atoms with E-state index < -0.39 is 0 Å². The van der Waals surface area contributed by atoms with E-state index in [4.69, 9.17) is 0 Å². The van der Waals surface area contributed by atoms with Crippen LogP contribution in [0.3, 0.4) is 0 Å². The number of halogens is 1. The zero-order valence-electron chi connectivity index (χ0n) is 10.3. The number of aryl methyl sites for hydroxylation is 1. The molecule has 4 nitrogen and oxygen atoms in total. The van der Waals surface area contributed by atoms with Crippen LogP contribution in [0.25, 0.3) is 0 Å². The topological polar surface area (TPSA) is 54.0 Å². The van der Waals surface area contributed by atoms with Crippen LogP contribution >= 0.6 is 15.9 Å². The van der Waals surface area contributed by atoms with E-state index in [1.54, 1.807) is 0 Å². The van der Waals surface area contributed by atoms with Crippen molar-refractivity contribution in [2.24, 2.45) is 5.41 Å². The summed E-state index contributed by atoms with van der Waals surface area (Å²) in [6, 6.07) is 2.44. The molecule has 0 radical (unpaired) electrons. The molecule has 0 bridgehead atoms. The lowest BCUT2D eigenvalue weighted by Gasteiger charge is -2.43. The van der Waals surface area contributed by atoms with E-state index in [2.05, 4.69) is 31.5 Å². The van der Waals surface area contributed by atoms with Gasteiger partial charge >= 0.3 is 0 Å². The molecule has 5 heteroatoms. The summed E-state index contributed by atoms with van der Waals surface area (Å²) in [6.45, 7) is 2.80. The van der Waals surface area contributed by atoms with Crippen LogP contribution in [-0.4, -0.2) is 23.5 Å². The minimum Gasteiger partial charge on any atom is -0.381 e. The largest absolute Gasteiger partial charge is 0.381 e. The molecule has 1 aliphatic carbocycles. The van der Waals surface area contributed by atoms with Gasteiger partial charge in [-0.1, -0.05) is 0 Å². The summed E-state index contributed by atoms with van der Waals surface area (Å²) in [4.78, 5) is 16.0. The van der Waals surface area contributed by atoms with Crippen molar-refractivity contribution in [3.05, 3.63) is 22.4 Å². The summed E-state index contributed by atoms with van der Waals surface area (Å²) >= 11 is 3.48. The summed E-state index contributed by atoms with van der Waals surface area (Å²) in [7, 11) is 0. The van der Waals surface area contributed by atoms with Crippen LogP contribution in [-0.2, 0) is 4.79 Å². The molecular weight excluding hydrogens is 294 g/mol. The number of carbonyl (C=O) groups excluding carboxylic acids is 1. The molecule has 18 heavy (non-hydrogen) atoms. The number of nitrogens with one attached hydrogen (secondary N) is 2. The number of hydrogen-bond acceptors (Lipinski definition) is 3. The number of hydrogen-bond donors (Lipinski definition) is 2. The number of pyridine rings is 1. The Balaban J connectivity index is 1.63. The number of rotatable bonds is 2. The Kier molecular flexibility index (Phi) is 2.81. The smallest absolute Gasteiger partial charge is 0.226 e. The van der Waals surface area contributed by atoms with Crippen LogP contribution in [0.2, 0.25) is 0 Å². The van der Waals surface area contributed by atoms with E-state index in [1.165, 1.54) is 0 Å². The lowest BCUT2D eigenvalue weighted by atomic mass is 9.64. The van der Waals surface area contributed by atoms with Crippen molar-refractivity contribution < 1.29 is 4.79 Å². The average Bonchev–Trinajstić information content (AvgIpc) is 2.65. The van der Waals surface area contributed by atoms with Gasteiger partial charge in [-0.2, -0.15) is 0 Å². The molecule has 96 valence electrons. The highest BCUT2D eigenvalue weighted by atomic mass is 79.9. The van der Waals surface area contributed by atoms with Gasteiger partial charge < -0.3 is 10.6 Å². The Bertz CT molecular complexity index is 497. The molecule has 1 aromatic rings. The molecule has 1 spiro atoms. The first-order valence-corrected chi connectivity index (χ1v) is 7.05. The summed E-state index contributed by atoms with van der Waals surface area (Å²) in [5.74, 6) is 0.240. The van der Waals surface area contributed by atoms with E-state index in [0.29, 0.717) is 6.04 Å². The number of aromatic nitrogens is 1. The van der Waals surface area contributed by atoms with Crippen molar-refractivity contribution in [2.45, 2.75) is 32.2 Å². The minimum absolute atomic E-state index is 0.0764. The molecule has 1 saturated carbocycles. The van der Waals surface area contributed by atoms with Crippen LogP contribution in [0.15, 0.2) is 16.7 Å². The normalized spacial score (nSPS) is 30.1. The Morgan fingerprint density at radius 1 is 1.56 bits per heavy atom. The molecule has 2 heterocycles. The maximum Gasteiger partial charge on any atom is 0.226 e. The van der Waals surface area contributed by atoms with Gasteiger partial charge in [0.05, 0.1) is 23.0 Å². The zero-order chi connectivity index (χ0) is 12.8. The molecule has 1 aliphatic heterocycles. The van der Waals surface area contributed by atoms with Gasteiger partial charge in [-0.3, -0.25) is 9.78 Å². The Hall–Kier alpha value is -1.10. The number of amides is 1. The van der Waals surface area contributed by atoms with Gasteiger partial charge in [0.2, 0.25) is 5.91 Å². The first kappa shape index (κ1) is 12.0. The predicted molar refractivity (Wildman–Crippen MR) is 73.4 cm³/mol. The van der Waals surface area contributed by atoms with E-state index >= 15 is 0 Å². The van der Waals surface area contributed by atoms with Gasteiger partial charge in [-0.15, -0.1) is 0 Å². The summed E-state index contributed by atoms with van der Waals surface area (Å²) in [5.41, 5.74) is 1.93. The first-order chi connectivity index (χ1) is 8.59. The van der Waals surface area contributed by atoms with E-state index in [-0.39, 0.29) is 11.3 Å². The highest BCUT2D eigenvalue weighted by Gasteiger charge is 2.52. The van der Waals surface area contributed by atoms with Crippen molar-refractivity contribution in [1.29, 1.82) is 0 Å². The average molecular weight is 310 g/mol. The molecule has 0 atom stereocenters. The number of anilines is 1. The van der Waals surface area contributed by atoms with Crippen LogP contribution in [0.5, 0.6) is 0 Å². The second-order valence-electron chi connectivity index (χ2n) is 5.33. The van der Waals surface area contributed by atoms with Gasteiger partial charge in [0.25, 0.3) is 0 Å². The summed E-state index contributed by atoms with van der Waals surface area (Å²) in [5, 5.41) is 6.37. The molecule has 1 aromatic heterocycles. The highest BCUT2D eigenvalue weighted by Crippen LogP contribution is 2.47. The van der Waals surface area contributed by atoms with Gasteiger partial charge in [0.1, 0.15) is 0 Å². The molecule has 2 fully saturated rings. The van der Waals surface area contributed by atoms with Crippen molar-refractivity contribution >= 4 is 27.5 Å².